The van der Waals surface area contributed by atoms with Crippen LogP contribution < -0.4 is 21.3 Å². The molecule has 1 aromatic heterocycles. The molecule has 204 valence electrons. The first-order valence-corrected chi connectivity index (χ1v) is 12.7. The summed E-state index contributed by atoms with van der Waals surface area (Å²) < 4.78 is 11.4. The first kappa shape index (κ1) is 27.7. The van der Waals surface area contributed by atoms with E-state index in [0.29, 0.717) is 30.2 Å². The van der Waals surface area contributed by atoms with Gasteiger partial charge in [-0.2, -0.15) is 0 Å². The molecule has 2 atom stereocenters. The van der Waals surface area contributed by atoms with Crippen LogP contribution in [0.5, 0.6) is 0 Å². The second-order valence-corrected chi connectivity index (χ2v) is 8.97. The number of anilines is 2. The average Bonchev–Trinajstić information content (AvgIpc) is 3.14. The maximum atomic E-state index is 14.5. The molecule has 2 unspecified atom stereocenters. The van der Waals surface area contributed by atoms with Crippen LogP contribution in [-0.2, 0) is 24.6 Å². The lowest BCUT2D eigenvalue weighted by Crippen LogP contribution is -2.60. The van der Waals surface area contributed by atoms with E-state index in [0.717, 1.165) is 5.56 Å². The van der Waals surface area contributed by atoms with Gasteiger partial charge in [-0.05, 0) is 45.0 Å². The molecule has 4 rings (SSSR count). The molecule has 1 aliphatic heterocycles. The Bertz CT molecular complexity index is 1310. The molecule has 3 aromatic rings. The minimum absolute atomic E-state index is 0.00296. The smallest absolute Gasteiger partial charge is 0.320 e. The van der Waals surface area contributed by atoms with E-state index >= 15 is 0 Å². The minimum Gasteiger partial charge on any atom is -0.369 e. The standard InChI is InChI=1S/C28H32N6O5/c1-4-38-22(39-5-2)17-34-21-10-7-6-9-20(21)28(26(34)36,23(24(29)35)25-30-15-8-16-31-25)33-27(37)32-19-13-11-18(3)12-14-19/h6-16,22-23H,4-5,17H2,1-3H3,(H2,29,35)(H2,32,33,37). The van der Waals surface area contributed by atoms with Gasteiger partial charge in [0.05, 0.1) is 12.2 Å². The van der Waals surface area contributed by atoms with Gasteiger partial charge in [0.2, 0.25) is 5.91 Å². The second-order valence-electron chi connectivity index (χ2n) is 8.97. The number of carbonyl (C=O) groups is 3. The van der Waals surface area contributed by atoms with E-state index in [9.17, 15) is 14.4 Å². The summed E-state index contributed by atoms with van der Waals surface area (Å²) in [6.07, 6.45) is 2.15. The van der Waals surface area contributed by atoms with E-state index < -0.39 is 35.6 Å². The molecule has 4 amide bonds. The number of carbonyl (C=O) groups excluding carboxylic acids is 3. The van der Waals surface area contributed by atoms with Gasteiger partial charge in [0.1, 0.15) is 11.7 Å². The molecule has 2 aromatic carbocycles. The summed E-state index contributed by atoms with van der Waals surface area (Å²) in [6, 6.07) is 14.9. The predicted molar refractivity (Wildman–Crippen MR) is 145 cm³/mol. The maximum absolute atomic E-state index is 14.5. The molecule has 0 fully saturated rings. The third-order valence-corrected chi connectivity index (χ3v) is 6.42. The number of primary amides is 1. The van der Waals surface area contributed by atoms with Crippen LogP contribution in [0.3, 0.4) is 0 Å². The number of nitrogens with two attached hydrogens (primary N) is 1. The largest absolute Gasteiger partial charge is 0.369 e. The molecular formula is C28H32N6O5. The highest BCUT2D eigenvalue weighted by Gasteiger charge is 2.60. The van der Waals surface area contributed by atoms with E-state index in [4.69, 9.17) is 15.2 Å². The van der Waals surface area contributed by atoms with E-state index in [2.05, 4.69) is 20.6 Å². The first-order valence-electron chi connectivity index (χ1n) is 12.7. The lowest BCUT2D eigenvalue weighted by molar-refractivity contribution is -0.139. The highest BCUT2D eigenvalue weighted by atomic mass is 16.7. The molecule has 11 nitrogen and oxygen atoms in total. The van der Waals surface area contributed by atoms with Crippen LogP contribution in [0.15, 0.2) is 67.0 Å². The van der Waals surface area contributed by atoms with Crippen molar-refractivity contribution >= 4 is 29.2 Å². The van der Waals surface area contributed by atoms with Crippen molar-refractivity contribution in [2.75, 3.05) is 30.0 Å². The van der Waals surface area contributed by atoms with E-state index in [1.807, 2.05) is 32.9 Å². The van der Waals surface area contributed by atoms with Crippen molar-refractivity contribution in [3.05, 3.63) is 83.9 Å². The number of rotatable bonds is 11. The van der Waals surface area contributed by atoms with E-state index in [1.165, 1.54) is 17.3 Å². The normalized spacial score (nSPS) is 17.1. The third kappa shape index (κ3) is 5.59. The number of nitrogens with zero attached hydrogens (tertiary/aromatic N) is 3. The van der Waals surface area contributed by atoms with Gasteiger partial charge in [-0.3, -0.25) is 9.59 Å². The quantitative estimate of drug-likeness (QED) is 0.322. The van der Waals surface area contributed by atoms with Crippen molar-refractivity contribution in [3.8, 4) is 0 Å². The Balaban J connectivity index is 1.84. The summed E-state index contributed by atoms with van der Waals surface area (Å²) in [5.74, 6) is -2.91. The zero-order chi connectivity index (χ0) is 28.0. The Morgan fingerprint density at radius 1 is 1.00 bits per heavy atom. The number of para-hydroxylation sites is 1. The second kappa shape index (κ2) is 12.0. The molecule has 0 bridgehead atoms. The molecule has 11 heteroatoms. The molecule has 2 heterocycles. The summed E-state index contributed by atoms with van der Waals surface area (Å²) >= 11 is 0. The fourth-order valence-electron chi connectivity index (χ4n) is 4.78. The van der Waals surface area contributed by atoms with Crippen LogP contribution in [0, 0.1) is 6.92 Å². The Hall–Kier alpha value is -4.35. The first-order chi connectivity index (χ1) is 18.8. The fourth-order valence-corrected chi connectivity index (χ4v) is 4.78. The molecule has 39 heavy (non-hydrogen) atoms. The van der Waals surface area contributed by atoms with Crippen LogP contribution >= 0.6 is 0 Å². The average molecular weight is 533 g/mol. The molecular weight excluding hydrogens is 500 g/mol. The van der Waals surface area contributed by atoms with Gasteiger partial charge in [0.15, 0.2) is 11.8 Å². The lowest BCUT2D eigenvalue weighted by atomic mass is 9.77. The molecule has 0 radical (unpaired) electrons. The van der Waals surface area contributed by atoms with Crippen molar-refractivity contribution < 1.29 is 23.9 Å². The summed E-state index contributed by atoms with van der Waals surface area (Å²) in [5.41, 5.74) is 6.34. The summed E-state index contributed by atoms with van der Waals surface area (Å²) in [7, 11) is 0. The fraction of sp³-hybridized carbons (Fsp3) is 0.321. The van der Waals surface area contributed by atoms with Gasteiger partial charge in [-0.25, -0.2) is 14.8 Å². The Kier molecular flexibility index (Phi) is 8.52. The van der Waals surface area contributed by atoms with Gasteiger partial charge in [-0.15, -0.1) is 0 Å². The van der Waals surface area contributed by atoms with Crippen molar-refractivity contribution in [3.63, 3.8) is 0 Å². The van der Waals surface area contributed by atoms with Crippen molar-refractivity contribution in [1.29, 1.82) is 0 Å². The summed E-state index contributed by atoms with van der Waals surface area (Å²) in [4.78, 5) is 51.0. The van der Waals surface area contributed by atoms with Crippen molar-refractivity contribution in [1.82, 2.24) is 15.3 Å². The summed E-state index contributed by atoms with van der Waals surface area (Å²) in [5, 5.41) is 5.56. The number of fused-ring (bicyclic) bond motifs is 1. The Morgan fingerprint density at radius 2 is 1.64 bits per heavy atom. The van der Waals surface area contributed by atoms with Crippen molar-refractivity contribution in [2.45, 2.75) is 38.5 Å². The number of aromatic nitrogens is 2. The molecule has 4 N–H and O–H groups in total. The van der Waals surface area contributed by atoms with Crippen LogP contribution in [0.2, 0.25) is 0 Å². The number of hydrogen-bond donors (Lipinski definition) is 3. The van der Waals surface area contributed by atoms with Gasteiger partial charge < -0.3 is 30.7 Å². The minimum atomic E-state index is -1.96. The number of urea groups is 1. The number of amides is 4. The van der Waals surface area contributed by atoms with E-state index in [1.54, 1.807) is 42.5 Å². The number of ether oxygens (including phenoxy) is 2. The molecule has 1 aliphatic rings. The highest BCUT2D eigenvalue weighted by Crippen LogP contribution is 2.47. The van der Waals surface area contributed by atoms with Crippen LogP contribution in [0.1, 0.15) is 36.7 Å². The Morgan fingerprint density at radius 3 is 2.26 bits per heavy atom. The van der Waals surface area contributed by atoms with Gasteiger partial charge in [0.25, 0.3) is 5.91 Å². The Labute approximate surface area is 226 Å². The molecule has 0 aliphatic carbocycles. The van der Waals surface area contributed by atoms with E-state index in [-0.39, 0.29) is 12.4 Å². The molecule has 0 saturated carbocycles. The third-order valence-electron chi connectivity index (χ3n) is 6.42. The van der Waals surface area contributed by atoms with Gasteiger partial charge >= 0.3 is 6.03 Å². The topological polar surface area (TPSA) is 149 Å². The number of aryl methyl sites for hydroxylation is 1. The van der Waals surface area contributed by atoms with Gasteiger partial charge in [-0.1, -0.05) is 35.9 Å². The SMILES string of the molecule is CCOC(CN1C(=O)C(NC(=O)Nc2ccc(C)cc2)(C(C(N)=O)c2ncccn2)c2ccccc21)OCC. The van der Waals surface area contributed by atoms with Gasteiger partial charge in [0, 0.05) is 36.9 Å². The zero-order valence-electron chi connectivity index (χ0n) is 22.1. The zero-order valence-corrected chi connectivity index (χ0v) is 22.1. The summed E-state index contributed by atoms with van der Waals surface area (Å²) in [6.45, 7) is 6.31. The van der Waals surface area contributed by atoms with Crippen LogP contribution in [-0.4, -0.2) is 53.9 Å². The number of hydrogen-bond acceptors (Lipinski definition) is 7. The number of benzene rings is 2. The molecule has 0 saturated heterocycles. The highest BCUT2D eigenvalue weighted by molar-refractivity contribution is 6.13. The maximum Gasteiger partial charge on any atom is 0.320 e. The van der Waals surface area contributed by atoms with Crippen molar-refractivity contribution in [2.24, 2.45) is 5.73 Å². The predicted octanol–water partition coefficient (Wildman–Crippen LogP) is 2.82. The monoisotopic (exact) mass is 532 g/mol. The van der Waals surface area contributed by atoms with Crippen LogP contribution in [0.4, 0.5) is 16.2 Å². The number of nitrogens with one attached hydrogen (secondary N) is 2. The molecule has 0 spiro atoms. The lowest BCUT2D eigenvalue weighted by Gasteiger charge is -2.35. The van der Waals surface area contributed by atoms with Crippen LogP contribution in [0.25, 0.3) is 0 Å².